The van der Waals surface area contributed by atoms with Crippen LogP contribution in [0.3, 0.4) is 0 Å². The number of ether oxygens (including phenoxy) is 2. The number of methoxy groups -OCH3 is 2. The van der Waals surface area contributed by atoms with Crippen LogP contribution in [0.1, 0.15) is 6.42 Å². The van der Waals surface area contributed by atoms with Gasteiger partial charge in [-0.1, -0.05) is 24.0 Å². The Bertz CT molecular complexity index is 557. The van der Waals surface area contributed by atoms with Crippen LogP contribution in [0, 0.1) is 0 Å². The van der Waals surface area contributed by atoms with Crippen molar-refractivity contribution in [1.29, 1.82) is 0 Å². The Morgan fingerprint density at radius 2 is 2.05 bits per heavy atom. The van der Waals surface area contributed by atoms with Crippen LogP contribution >= 0.6 is 24.0 Å². The minimum Gasteiger partial charge on any atom is -0.493 e. The van der Waals surface area contributed by atoms with Gasteiger partial charge in [0.2, 0.25) is 0 Å². The van der Waals surface area contributed by atoms with Crippen LogP contribution in [0.25, 0.3) is 11.0 Å². The molecule has 0 radical (unpaired) electrons. The molecule has 0 amide bonds. The maximum absolute atomic E-state index is 5.46. The summed E-state index contributed by atoms with van der Waals surface area (Å²) in [5.74, 6) is 2.16. The SMILES string of the molecule is COc1cc2nc(SCCC(N)=S)[nH]c2cc1OC. The fourth-order valence-corrected chi connectivity index (χ4v) is 2.72. The van der Waals surface area contributed by atoms with Crippen LogP contribution in [0.2, 0.25) is 0 Å². The number of aromatic nitrogens is 2. The van der Waals surface area contributed by atoms with E-state index in [4.69, 9.17) is 27.4 Å². The molecule has 3 N–H and O–H groups in total. The Morgan fingerprint density at radius 3 is 2.68 bits per heavy atom. The third-order valence-corrected chi connectivity index (χ3v) is 3.63. The quantitative estimate of drug-likeness (QED) is 0.630. The summed E-state index contributed by atoms with van der Waals surface area (Å²) in [5.41, 5.74) is 7.22. The Morgan fingerprint density at radius 1 is 1.37 bits per heavy atom. The van der Waals surface area contributed by atoms with Crippen LogP contribution < -0.4 is 15.2 Å². The Balaban J connectivity index is 2.22. The van der Waals surface area contributed by atoms with Crippen molar-refractivity contribution in [3.8, 4) is 11.5 Å². The molecule has 0 spiro atoms. The number of hydrogen-bond acceptors (Lipinski definition) is 5. The van der Waals surface area contributed by atoms with Gasteiger partial charge in [0.15, 0.2) is 16.7 Å². The van der Waals surface area contributed by atoms with Gasteiger partial charge in [0, 0.05) is 24.3 Å². The molecule has 5 nitrogen and oxygen atoms in total. The molecule has 7 heteroatoms. The highest BCUT2D eigenvalue weighted by Gasteiger charge is 2.10. The summed E-state index contributed by atoms with van der Waals surface area (Å²) in [5, 5.41) is 0.835. The van der Waals surface area contributed by atoms with E-state index in [1.165, 1.54) is 0 Å². The van der Waals surface area contributed by atoms with Crippen molar-refractivity contribution in [2.24, 2.45) is 5.73 Å². The second-order valence-electron chi connectivity index (χ2n) is 3.83. The van der Waals surface area contributed by atoms with Gasteiger partial charge in [0.25, 0.3) is 0 Å². The summed E-state index contributed by atoms with van der Waals surface area (Å²) in [4.78, 5) is 8.23. The molecule has 0 bridgehead atoms. The standard InChI is InChI=1S/C12H15N3O2S2/c1-16-9-5-7-8(6-10(9)17-2)15-12(14-7)19-4-3-11(13)18/h5-6H,3-4H2,1-2H3,(H2,13,18)(H,14,15). The number of nitrogens with zero attached hydrogens (tertiary/aromatic N) is 1. The lowest BCUT2D eigenvalue weighted by atomic mass is 10.3. The molecule has 0 aliphatic heterocycles. The molecule has 0 saturated heterocycles. The van der Waals surface area contributed by atoms with Crippen molar-refractivity contribution >= 4 is 40.0 Å². The minimum absolute atomic E-state index is 0.520. The number of H-pyrrole nitrogens is 1. The number of benzene rings is 1. The van der Waals surface area contributed by atoms with E-state index < -0.39 is 0 Å². The molecule has 0 aliphatic carbocycles. The van der Waals surface area contributed by atoms with E-state index in [0.717, 1.165) is 21.9 Å². The average Bonchev–Trinajstić information content (AvgIpc) is 2.77. The summed E-state index contributed by atoms with van der Waals surface area (Å²) in [6, 6.07) is 3.72. The number of thioether (sulfide) groups is 1. The van der Waals surface area contributed by atoms with E-state index >= 15 is 0 Å². The van der Waals surface area contributed by atoms with Gasteiger partial charge in [-0.3, -0.25) is 0 Å². The summed E-state index contributed by atoms with van der Waals surface area (Å²) >= 11 is 6.43. The van der Waals surface area contributed by atoms with Gasteiger partial charge in [-0.25, -0.2) is 4.98 Å². The molecule has 0 aliphatic rings. The van der Waals surface area contributed by atoms with E-state index in [1.54, 1.807) is 26.0 Å². The fraction of sp³-hybridized carbons (Fsp3) is 0.333. The summed E-state index contributed by atoms with van der Waals surface area (Å²) < 4.78 is 10.5. The molecule has 0 unspecified atom stereocenters. The monoisotopic (exact) mass is 297 g/mol. The van der Waals surface area contributed by atoms with Crippen molar-refractivity contribution in [2.75, 3.05) is 20.0 Å². The first kappa shape index (κ1) is 14.0. The number of hydrogen-bond donors (Lipinski definition) is 2. The van der Waals surface area contributed by atoms with E-state index in [-0.39, 0.29) is 0 Å². The number of thiocarbonyl (C=S) groups is 1. The van der Waals surface area contributed by atoms with Gasteiger partial charge in [0.05, 0.1) is 30.2 Å². The summed E-state index contributed by atoms with van der Waals surface area (Å²) in [6.45, 7) is 0. The molecule has 0 atom stereocenters. The predicted molar refractivity (Wildman–Crippen MR) is 81.3 cm³/mol. The molecule has 19 heavy (non-hydrogen) atoms. The number of nitrogens with one attached hydrogen (secondary N) is 1. The van der Waals surface area contributed by atoms with Gasteiger partial charge in [0.1, 0.15) is 0 Å². The van der Waals surface area contributed by atoms with Gasteiger partial charge in [-0.2, -0.15) is 0 Å². The lowest BCUT2D eigenvalue weighted by Gasteiger charge is -2.06. The molecule has 102 valence electrons. The van der Waals surface area contributed by atoms with E-state index in [1.807, 2.05) is 12.1 Å². The van der Waals surface area contributed by atoms with Gasteiger partial charge in [-0.15, -0.1) is 0 Å². The van der Waals surface area contributed by atoms with Crippen LogP contribution in [0.4, 0.5) is 0 Å². The van der Waals surface area contributed by atoms with Gasteiger partial charge in [-0.05, 0) is 0 Å². The van der Waals surface area contributed by atoms with E-state index in [0.29, 0.717) is 22.9 Å². The number of rotatable bonds is 6. The molecule has 2 rings (SSSR count). The van der Waals surface area contributed by atoms with Crippen LogP contribution in [0.5, 0.6) is 11.5 Å². The zero-order valence-electron chi connectivity index (χ0n) is 10.7. The second kappa shape index (κ2) is 6.12. The molecular weight excluding hydrogens is 282 g/mol. The molecule has 2 aromatic rings. The first-order valence-electron chi connectivity index (χ1n) is 5.67. The Labute approximate surface area is 120 Å². The predicted octanol–water partition coefficient (Wildman–Crippen LogP) is 2.35. The molecule has 1 aromatic carbocycles. The third kappa shape index (κ3) is 3.30. The lowest BCUT2D eigenvalue weighted by Crippen LogP contribution is -2.08. The van der Waals surface area contributed by atoms with Gasteiger partial charge >= 0.3 is 0 Å². The zero-order chi connectivity index (χ0) is 13.8. The maximum atomic E-state index is 5.46. The smallest absolute Gasteiger partial charge is 0.166 e. The minimum atomic E-state index is 0.520. The van der Waals surface area contributed by atoms with Crippen LogP contribution in [0.15, 0.2) is 17.3 Å². The van der Waals surface area contributed by atoms with Crippen molar-refractivity contribution < 1.29 is 9.47 Å². The molecule has 1 heterocycles. The molecule has 0 fully saturated rings. The lowest BCUT2D eigenvalue weighted by molar-refractivity contribution is 0.356. The first-order chi connectivity index (χ1) is 9.13. The normalized spacial score (nSPS) is 10.6. The highest BCUT2D eigenvalue weighted by atomic mass is 32.2. The van der Waals surface area contributed by atoms with Crippen molar-refractivity contribution in [3.63, 3.8) is 0 Å². The van der Waals surface area contributed by atoms with Crippen molar-refractivity contribution in [2.45, 2.75) is 11.6 Å². The van der Waals surface area contributed by atoms with Crippen LogP contribution in [-0.2, 0) is 0 Å². The number of nitrogens with two attached hydrogens (primary N) is 1. The Hall–Kier alpha value is -1.47. The first-order valence-corrected chi connectivity index (χ1v) is 7.06. The molecule has 1 aromatic heterocycles. The summed E-state index contributed by atoms with van der Waals surface area (Å²) in [7, 11) is 3.21. The topological polar surface area (TPSA) is 73.2 Å². The summed E-state index contributed by atoms with van der Waals surface area (Å²) in [6.07, 6.45) is 0.698. The maximum Gasteiger partial charge on any atom is 0.166 e. The average molecular weight is 297 g/mol. The van der Waals surface area contributed by atoms with Crippen LogP contribution in [-0.4, -0.2) is 34.9 Å². The molecule has 0 saturated carbocycles. The van der Waals surface area contributed by atoms with Crippen molar-refractivity contribution in [1.82, 2.24) is 9.97 Å². The highest BCUT2D eigenvalue weighted by Crippen LogP contribution is 2.32. The van der Waals surface area contributed by atoms with E-state index in [9.17, 15) is 0 Å². The number of imidazole rings is 1. The van der Waals surface area contributed by atoms with Gasteiger partial charge < -0.3 is 20.2 Å². The number of aromatic amines is 1. The fourth-order valence-electron chi connectivity index (χ4n) is 1.63. The number of fused-ring (bicyclic) bond motifs is 1. The second-order valence-corrected chi connectivity index (χ2v) is 5.44. The van der Waals surface area contributed by atoms with E-state index in [2.05, 4.69) is 9.97 Å². The third-order valence-electron chi connectivity index (χ3n) is 2.55. The zero-order valence-corrected chi connectivity index (χ0v) is 12.4. The highest BCUT2D eigenvalue weighted by molar-refractivity contribution is 7.99. The van der Waals surface area contributed by atoms with Crippen molar-refractivity contribution in [3.05, 3.63) is 12.1 Å². The largest absolute Gasteiger partial charge is 0.493 e. The Kier molecular flexibility index (Phi) is 4.49. The molecular formula is C12H15N3O2S2.